The van der Waals surface area contributed by atoms with Crippen LogP contribution in [0.5, 0.6) is 0 Å². The molecule has 0 bridgehead atoms. The van der Waals surface area contributed by atoms with Gasteiger partial charge in [-0.05, 0) is 18.9 Å². The van der Waals surface area contributed by atoms with E-state index < -0.39 is 24.4 Å². The molecule has 0 spiro atoms. The lowest BCUT2D eigenvalue weighted by Gasteiger charge is -2.18. The molecule has 4 heteroatoms. The molecule has 0 fully saturated rings. The summed E-state index contributed by atoms with van der Waals surface area (Å²) in [6.07, 6.45) is -1.14. The minimum absolute atomic E-state index is 0.261. The van der Waals surface area contributed by atoms with Crippen LogP contribution >= 0.6 is 0 Å². The van der Waals surface area contributed by atoms with E-state index in [9.17, 15) is 14.7 Å². The zero-order valence-corrected chi connectivity index (χ0v) is 9.67. The number of ketones is 2. The van der Waals surface area contributed by atoms with E-state index in [1.54, 1.807) is 0 Å². The second-order valence-electron chi connectivity index (χ2n) is 3.98. The van der Waals surface area contributed by atoms with E-state index in [-0.39, 0.29) is 5.78 Å². The number of Topliss-reactive ketones (excluding diaryl/α,β-unsaturated/α-hetero) is 2. The molecule has 1 rings (SSSR count). The fourth-order valence-electron chi connectivity index (χ4n) is 1.66. The van der Waals surface area contributed by atoms with Crippen LogP contribution in [0.1, 0.15) is 12.5 Å². The molecular formula is C13H16O4. The average molecular weight is 236 g/mol. The van der Waals surface area contributed by atoms with Crippen LogP contribution in [0.15, 0.2) is 30.3 Å². The van der Waals surface area contributed by atoms with Crippen LogP contribution in [-0.2, 0) is 16.0 Å². The highest BCUT2D eigenvalue weighted by Crippen LogP contribution is 2.14. The Kier molecular flexibility index (Phi) is 5.00. The van der Waals surface area contributed by atoms with Crippen molar-refractivity contribution in [2.45, 2.75) is 19.4 Å². The summed E-state index contributed by atoms with van der Waals surface area (Å²) in [7, 11) is 0. The Morgan fingerprint density at radius 3 is 2.29 bits per heavy atom. The summed E-state index contributed by atoms with van der Waals surface area (Å²) in [6, 6.07) is 9.15. The van der Waals surface area contributed by atoms with Gasteiger partial charge in [0, 0.05) is 0 Å². The number of hydrogen-bond acceptors (Lipinski definition) is 4. The van der Waals surface area contributed by atoms with Gasteiger partial charge < -0.3 is 10.2 Å². The third-order valence-electron chi connectivity index (χ3n) is 2.69. The minimum Gasteiger partial charge on any atom is -0.388 e. The average Bonchev–Trinajstić information content (AvgIpc) is 2.35. The zero-order chi connectivity index (χ0) is 12.8. The Balaban J connectivity index is 2.81. The van der Waals surface area contributed by atoms with Crippen LogP contribution < -0.4 is 0 Å². The minimum atomic E-state index is -1.43. The van der Waals surface area contributed by atoms with Gasteiger partial charge in [0.1, 0.15) is 18.5 Å². The van der Waals surface area contributed by atoms with E-state index in [1.807, 2.05) is 30.3 Å². The number of aliphatic hydroxyl groups is 2. The van der Waals surface area contributed by atoms with Gasteiger partial charge in [-0.3, -0.25) is 9.59 Å². The predicted octanol–water partition coefficient (Wildman–Crippen LogP) is 0.357. The topological polar surface area (TPSA) is 74.6 Å². The lowest BCUT2D eigenvalue weighted by molar-refractivity contribution is -0.138. The summed E-state index contributed by atoms with van der Waals surface area (Å²) in [6.45, 7) is 0.585. The summed E-state index contributed by atoms with van der Waals surface area (Å²) in [5.41, 5.74) is 0.873. The number of carbonyl (C=O) groups is 2. The quantitative estimate of drug-likeness (QED) is 0.747. The van der Waals surface area contributed by atoms with Crippen molar-refractivity contribution in [1.82, 2.24) is 0 Å². The van der Waals surface area contributed by atoms with Gasteiger partial charge in [-0.1, -0.05) is 30.3 Å². The van der Waals surface area contributed by atoms with Crippen molar-refractivity contribution in [3.05, 3.63) is 35.9 Å². The van der Waals surface area contributed by atoms with Gasteiger partial charge in [-0.25, -0.2) is 0 Å². The summed E-state index contributed by atoms with van der Waals surface area (Å²) < 4.78 is 0. The lowest BCUT2D eigenvalue weighted by Crippen LogP contribution is -2.36. The maximum absolute atomic E-state index is 11.4. The molecule has 0 aliphatic carbocycles. The molecule has 1 aromatic carbocycles. The molecule has 0 saturated heterocycles. The summed E-state index contributed by atoms with van der Waals surface area (Å²) in [4.78, 5) is 22.6. The Labute approximate surface area is 99.9 Å². The third-order valence-corrected chi connectivity index (χ3v) is 2.69. The Bertz CT molecular complexity index is 386. The first-order valence-corrected chi connectivity index (χ1v) is 5.42. The van der Waals surface area contributed by atoms with Crippen molar-refractivity contribution in [1.29, 1.82) is 0 Å². The zero-order valence-electron chi connectivity index (χ0n) is 9.67. The smallest absolute Gasteiger partial charge is 0.187 e. The molecular weight excluding hydrogens is 220 g/mol. The molecule has 0 saturated carbocycles. The van der Waals surface area contributed by atoms with E-state index in [0.717, 1.165) is 5.56 Å². The van der Waals surface area contributed by atoms with Crippen molar-refractivity contribution < 1.29 is 19.8 Å². The Morgan fingerprint density at radius 1 is 1.24 bits per heavy atom. The Hall–Kier alpha value is -1.52. The van der Waals surface area contributed by atoms with Crippen LogP contribution in [0, 0.1) is 5.92 Å². The van der Waals surface area contributed by atoms with Gasteiger partial charge >= 0.3 is 0 Å². The van der Waals surface area contributed by atoms with E-state index in [4.69, 9.17) is 5.11 Å². The van der Waals surface area contributed by atoms with Crippen molar-refractivity contribution >= 4 is 11.6 Å². The van der Waals surface area contributed by atoms with Crippen LogP contribution in [0.2, 0.25) is 0 Å². The van der Waals surface area contributed by atoms with Crippen molar-refractivity contribution in [3.63, 3.8) is 0 Å². The van der Waals surface area contributed by atoms with Crippen LogP contribution in [-0.4, -0.2) is 34.5 Å². The van der Waals surface area contributed by atoms with Gasteiger partial charge in [0.05, 0.1) is 5.92 Å². The van der Waals surface area contributed by atoms with Gasteiger partial charge in [-0.15, -0.1) is 0 Å². The molecule has 0 aliphatic rings. The monoisotopic (exact) mass is 236 g/mol. The number of carbonyl (C=O) groups excluding carboxylic acids is 2. The first-order valence-electron chi connectivity index (χ1n) is 5.42. The van der Waals surface area contributed by atoms with Crippen molar-refractivity contribution in [2.75, 3.05) is 6.61 Å². The molecule has 0 aliphatic heterocycles. The number of aliphatic hydroxyl groups excluding tert-OH is 2. The molecule has 0 heterocycles. The van der Waals surface area contributed by atoms with Crippen LogP contribution in [0.25, 0.3) is 0 Å². The largest absolute Gasteiger partial charge is 0.388 e. The van der Waals surface area contributed by atoms with E-state index >= 15 is 0 Å². The SMILES string of the molecule is CC(=O)C(Cc1ccccc1)C(O)C(=O)CO. The van der Waals surface area contributed by atoms with Crippen LogP contribution in [0.3, 0.4) is 0 Å². The van der Waals surface area contributed by atoms with Gasteiger partial charge in [-0.2, -0.15) is 0 Å². The number of benzene rings is 1. The first kappa shape index (κ1) is 13.5. The molecule has 2 unspecified atom stereocenters. The summed E-state index contributed by atoms with van der Waals surface area (Å²) >= 11 is 0. The fourth-order valence-corrected chi connectivity index (χ4v) is 1.66. The van der Waals surface area contributed by atoms with Gasteiger partial charge in [0.25, 0.3) is 0 Å². The summed E-state index contributed by atoms with van der Waals surface area (Å²) in [5, 5.41) is 18.4. The third kappa shape index (κ3) is 3.76. The van der Waals surface area contributed by atoms with Gasteiger partial charge in [0.15, 0.2) is 5.78 Å². The maximum Gasteiger partial charge on any atom is 0.187 e. The second-order valence-corrected chi connectivity index (χ2v) is 3.98. The highest BCUT2D eigenvalue weighted by molar-refractivity contribution is 5.91. The molecule has 2 N–H and O–H groups in total. The number of rotatable bonds is 6. The normalized spacial score (nSPS) is 14.1. The second kappa shape index (κ2) is 6.27. The molecule has 0 amide bonds. The molecule has 92 valence electrons. The fraction of sp³-hybridized carbons (Fsp3) is 0.385. The predicted molar refractivity (Wildman–Crippen MR) is 62.4 cm³/mol. The molecule has 1 aromatic rings. The van der Waals surface area contributed by atoms with E-state index in [0.29, 0.717) is 6.42 Å². The summed E-state index contributed by atoms with van der Waals surface area (Å²) in [5.74, 6) is -1.78. The first-order chi connectivity index (χ1) is 8.06. The maximum atomic E-state index is 11.4. The van der Waals surface area contributed by atoms with E-state index in [1.165, 1.54) is 6.92 Å². The Morgan fingerprint density at radius 2 is 1.82 bits per heavy atom. The highest BCUT2D eigenvalue weighted by Gasteiger charge is 2.29. The number of hydrogen-bond donors (Lipinski definition) is 2. The standard InChI is InChI=1S/C13H16O4/c1-9(15)11(13(17)12(16)8-14)7-10-5-3-2-4-6-10/h2-6,11,13-14,17H,7-8H2,1H3. The van der Waals surface area contributed by atoms with Gasteiger partial charge in [0.2, 0.25) is 0 Å². The molecule has 0 aromatic heterocycles. The van der Waals surface area contributed by atoms with E-state index in [2.05, 4.69) is 0 Å². The lowest BCUT2D eigenvalue weighted by atomic mass is 9.89. The van der Waals surface area contributed by atoms with Crippen LogP contribution in [0.4, 0.5) is 0 Å². The molecule has 2 atom stereocenters. The highest BCUT2D eigenvalue weighted by atomic mass is 16.3. The molecule has 0 radical (unpaired) electrons. The molecule has 4 nitrogen and oxygen atoms in total. The van der Waals surface area contributed by atoms with Crippen molar-refractivity contribution in [2.24, 2.45) is 5.92 Å². The van der Waals surface area contributed by atoms with Crippen molar-refractivity contribution in [3.8, 4) is 0 Å². The molecule has 17 heavy (non-hydrogen) atoms.